The topological polar surface area (TPSA) is 55.8 Å². The highest BCUT2D eigenvalue weighted by atomic mass is 16.5. The van der Waals surface area contributed by atoms with Crippen molar-refractivity contribution >= 4 is 5.78 Å². The van der Waals surface area contributed by atoms with Crippen LogP contribution in [0, 0.1) is 0 Å². The minimum atomic E-state index is -0.702. The van der Waals surface area contributed by atoms with Gasteiger partial charge in [-0.2, -0.15) is 0 Å². The van der Waals surface area contributed by atoms with Crippen LogP contribution in [0.5, 0.6) is 11.5 Å². The number of fused-ring (bicyclic) bond motifs is 1. The van der Waals surface area contributed by atoms with E-state index >= 15 is 0 Å². The molecule has 1 N–H and O–H groups in total. The molecule has 1 saturated carbocycles. The lowest BCUT2D eigenvalue weighted by Gasteiger charge is -2.32. The van der Waals surface area contributed by atoms with Crippen LogP contribution in [0.15, 0.2) is 48.5 Å². The van der Waals surface area contributed by atoms with E-state index in [0.717, 1.165) is 31.2 Å². The molecule has 124 valence electrons. The molecule has 1 heterocycles. The maximum Gasteiger partial charge on any atom is 0.211 e. The van der Waals surface area contributed by atoms with Crippen LogP contribution in [0.25, 0.3) is 0 Å². The first-order valence-corrected chi connectivity index (χ1v) is 8.46. The zero-order chi connectivity index (χ0) is 16.5. The Labute approximate surface area is 141 Å². The molecule has 0 radical (unpaired) electrons. The van der Waals surface area contributed by atoms with Gasteiger partial charge in [0, 0.05) is 11.6 Å². The summed E-state index contributed by atoms with van der Waals surface area (Å²) in [7, 11) is 0. The van der Waals surface area contributed by atoms with Gasteiger partial charge >= 0.3 is 0 Å². The van der Waals surface area contributed by atoms with Gasteiger partial charge in [-0.05, 0) is 30.5 Å². The Morgan fingerprint density at radius 3 is 2.54 bits per heavy atom. The number of carbonyl (C=O) groups excluding carboxylic acids is 1. The Morgan fingerprint density at radius 2 is 1.79 bits per heavy atom. The molecule has 2 atom stereocenters. The third-order valence-corrected chi connectivity index (χ3v) is 4.77. The number of carbonyl (C=O) groups is 1. The Morgan fingerprint density at radius 1 is 1.04 bits per heavy atom. The van der Waals surface area contributed by atoms with E-state index in [2.05, 4.69) is 0 Å². The van der Waals surface area contributed by atoms with Crippen molar-refractivity contribution in [1.29, 1.82) is 0 Å². The molecule has 0 spiro atoms. The smallest absolute Gasteiger partial charge is 0.211 e. The van der Waals surface area contributed by atoms with Crippen molar-refractivity contribution in [3.05, 3.63) is 59.7 Å². The molecule has 4 nitrogen and oxygen atoms in total. The highest BCUT2D eigenvalue weighted by Crippen LogP contribution is 2.43. The fraction of sp³-hybridized carbons (Fsp3) is 0.350. The lowest BCUT2D eigenvalue weighted by molar-refractivity contribution is -0.145. The van der Waals surface area contributed by atoms with E-state index < -0.39 is 12.2 Å². The number of ether oxygens (including phenoxy) is 2. The summed E-state index contributed by atoms with van der Waals surface area (Å²) in [5, 5.41) is 9.78. The fourth-order valence-corrected chi connectivity index (χ4v) is 3.53. The van der Waals surface area contributed by atoms with Gasteiger partial charge in [-0.25, -0.2) is 0 Å². The molecule has 0 amide bonds. The number of Topliss-reactive ketones (excluding diaryl/α,β-unsaturated/α-hetero) is 1. The number of benzene rings is 2. The van der Waals surface area contributed by atoms with E-state index in [4.69, 9.17) is 9.47 Å². The van der Waals surface area contributed by atoms with Crippen molar-refractivity contribution in [3.8, 4) is 11.5 Å². The molecule has 2 aromatic carbocycles. The number of rotatable bonds is 3. The van der Waals surface area contributed by atoms with Crippen LogP contribution >= 0.6 is 0 Å². The summed E-state index contributed by atoms with van der Waals surface area (Å²) in [6.45, 7) is 0. The zero-order valence-electron chi connectivity index (χ0n) is 13.4. The monoisotopic (exact) mass is 324 g/mol. The highest BCUT2D eigenvalue weighted by Gasteiger charge is 2.40. The second kappa shape index (κ2) is 6.29. The third-order valence-electron chi connectivity index (χ3n) is 4.77. The molecule has 1 aliphatic carbocycles. The van der Waals surface area contributed by atoms with Gasteiger partial charge in [0.05, 0.1) is 6.10 Å². The van der Waals surface area contributed by atoms with Gasteiger partial charge in [-0.15, -0.1) is 0 Å². The van der Waals surface area contributed by atoms with Crippen LogP contribution in [0.2, 0.25) is 0 Å². The molecular formula is C20H20O4. The molecule has 2 aliphatic rings. The standard InChI is InChI=1S/C20H20O4/c21-14-10-11-16-17(12-14)24-19(13-6-2-1-3-7-13)18(22)20(16)23-15-8-4-5-9-15/h1-3,6-7,10-12,15,19-21H,4-5,8-9H2. The first-order valence-electron chi connectivity index (χ1n) is 8.46. The van der Waals surface area contributed by atoms with Crippen molar-refractivity contribution < 1.29 is 19.4 Å². The number of aromatic hydroxyl groups is 1. The Hall–Kier alpha value is -2.33. The third kappa shape index (κ3) is 2.78. The summed E-state index contributed by atoms with van der Waals surface area (Å²) >= 11 is 0. The average Bonchev–Trinajstić information content (AvgIpc) is 3.11. The first kappa shape index (κ1) is 15.2. The van der Waals surface area contributed by atoms with Gasteiger partial charge in [0.25, 0.3) is 0 Å². The number of hydrogen-bond donors (Lipinski definition) is 1. The van der Waals surface area contributed by atoms with Crippen molar-refractivity contribution in [1.82, 2.24) is 0 Å². The van der Waals surface area contributed by atoms with Crippen molar-refractivity contribution in [2.75, 3.05) is 0 Å². The van der Waals surface area contributed by atoms with Crippen molar-refractivity contribution in [2.45, 2.75) is 44.0 Å². The average molecular weight is 324 g/mol. The van der Waals surface area contributed by atoms with Gasteiger partial charge < -0.3 is 14.6 Å². The maximum atomic E-state index is 13.0. The van der Waals surface area contributed by atoms with E-state index in [0.29, 0.717) is 11.3 Å². The van der Waals surface area contributed by atoms with Crippen LogP contribution in [0.4, 0.5) is 0 Å². The van der Waals surface area contributed by atoms with Crippen LogP contribution in [0.1, 0.15) is 49.0 Å². The zero-order valence-corrected chi connectivity index (χ0v) is 13.4. The van der Waals surface area contributed by atoms with Gasteiger partial charge in [-0.1, -0.05) is 43.2 Å². The predicted molar refractivity (Wildman–Crippen MR) is 89.0 cm³/mol. The Balaban J connectivity index is 1.71. The summed E-state index contributed by atoms with van der Waals surface area (Å²) < 4.78 is 12.1. The van der Waals surface area contributed by atoms with Gasteiger partial charge in [-0.3, -0.25) is 4.79 Å². The molecular weight excluding hydrogens is 304 g/mol. The molecule has 4 heteroatoms. The molecule has 2 aromatic rings. The van der Waals surface area contributed by atoms with E-state index in [1.165, 1.54) is 0 Å². The summed E-state index contributed by atoms with van der Waals surface area (Å²) in [5.41, 5.74) is 1.51. The molecule has 0 saturated heterocycles. The quantitative estimate of drug-likeness (QED) is 0.923. The van der Waals surface area contributed by atoms with Crippen molar-refractivity contribution in [3.63, 3.8) is 0 Å². The minimum Gasteiger partial charge on any atom is -0.508 e. The SMILES string of the molecule is O=C1C(c2ccccc2)Oc2cc(O)ccc2C1OC1CCCC1. The van der Waals surface area contributed by atoms with E-state index in [1.807, 2.05) is 30.3 Å². The fourth-order valence-electron chi connectivity index (χ4n) is 3.53. The molecule has 0 aromatic heterocycles. The van der Waals surface area contributed by atoms with Crippen LogP contribution in [0.3, 0.4) is 0 Å². The second-order valence-corrected chi connectivity index (χ2v) is 6.46. The molecule has 4 rings (SSSR count). The molecule has 2 unspecified atom stereocenters. The van der Waals surface area contributed by atoms with Gasteiger partial charge in [0.1, 0.15) is 17.6 Å². The number of ketones is 1. The summed E-state index contributed by atoms with van der Waals surface area (Å²) in [6, 6.07) is 14.3. The van der Waals surface area contributed by atoms with Gasteiger partial charge in [0.2, 0.25) is 5.78 Å². The van der Waals surface area contributed by atoms with Crippen molar-refractivity contribution in [2.24, 2.45) is 0 Å². The molecule has 1 fully saturated rings. The van der Waals surface area contributed by atoms with Crippen LogP contribution < -0.4 is 4.74 Å². The Bertz CT molecular complexity index is 735. The maximum absolute atomic E-state index is 13.0. The molecule has 24 heavy (non-hydrogen) atoms. The highest BCUT2D eigenvalue weighted by molar-refractivity contribution is 5.92. The lowest BCUT2D eigenvalue weighted by atomic mass is 9.93. The summed E-state index contributed by atoms with van der Waals surface area (Å²) in [4.78, 5) is 13.0. The second-order valence-electron chi connectivity index (χ2n) is 6.46. The van der Waals surface area contributed by atoms with E-state index in [-0.39, 0.29) is 17.6 Å². The van der Waals surface area contributed by atoms with Crippen LogP contribution in [-0.4, -0.2) is 17.0 Å². The normalized spacial score (nSPS) is 23.8. The minimum absolute atomic E-state index is 0.0775. The predicted octanol–water partition coefficient (Wildman–Crippen LogP) is 4.10. The lowest BCUT2D eigenvalue weighted by Crippen LogP contribution is -2.33. The number of phenolic OH excluding ortho intramolecular Hbond substituents is 1. The Kier molecular flexibility index (Phi) is 3.98. The largest absolute Gasteiger partial charge is 0.508 e. The summed E-state index contributed by atoms with van der Waals surface area (Å²) in [5.74, 6) is 0.562. The van der Waals surface area contributed by atoms with Gasteiger partial charge in [0.15, 0.2) is 6.10 Å². The van der Waals surface area contributed by atoms with Crippen LogP contribution in [-0.2, 0) is 9.53 Å². The molecule has 1 aliphatic heterocycles. The summed E-state index contributed by atoms with van der Waals surface area (Å²) in [6.07, 6.45) is 3.06. The molecule has 0 bridgehead atoms. The first-order chi connectivity index (χ1) is 11.7. The number of phenols is 1. The van der Waals surface area contributed by atoms with E-state index in [1.54, 1.807) is 18.2 Å². The number of hydrogen-bond acceptors (Lipinski definition) is 4. The van der Waals surface area contributed by atoms with E-state index in [9.17, 15) is 9.90 Å².